The van der Waals surface area contributed by atoms with Crippen molar-refractivity contribution in [2.45, 2.75) is 24.7 Å². The first-order valence-electron chi connectivity index (χ1n) is 8.40. The molecule has 2 heterocycles. The monoisotopic (exact) mass is 417 g/mol. The van der Waals surface area contributed by atoms with Crippen molar-refractivity contribution in [3.8, 4) is 0 Å². The fourth-order valence-corrected chi connectivity index (χ4v) is 3.75. The van der Waals surface area contributed by atoms with Gasteiger partial charge in [0.1, 0.15) is 5.76 Å². The van der Waals surface area contributed by atoms with Crippen LogP contribution in [-0.2, 0) is 11.3 Å². The van der Waals surface area contributed by atoms with Crippen LogP contribution >= 0.6 is 23.1 Å². The van der Waals surface area contributed by atoms with Crippen LogP contribution in [0.5, 0.6) is 0 Å². The predicted octanol–water partition coefficient (Wildman–Crippen LogP) is 3.61. The summed E-state index contributed by atoms with van der Waals surface area (Å²) in [6.07, 6.45) is 1.52. The molecule has 0 aliphatic rings. The standard InChI is InChI=1S/C18H19N5O3S2/c1-11-5-6-13(8-12(11)2)20-17-22-23-18(28-17)27-10-15(24)21-16(25)19-9-14-4-3-7-26-14/h3-8H,9-10H2,1-2H3,(H,20,22)(H2,19,21,24,25). The molecule has 0 saturated heterocycles. The minimum atomic E-state index is -0.573. The molecule has 3 amide bonds. The van der Waals surface area contributed by atoms with Crippen molar-refractivity contribution in [3.63, 3.8) is 0 Å². The number of nitrogens with zero attached hydrogens (tertiary/aromatic N) is 2. The Morgan fingerprint density at radius 3 is 2.79 bits per heavy atom. The number of carbonyl (C=O) groups excluding carboxylic acids is 2. The molecule has 2 aromatic heterocycles. The molecule has 3 rings (SSSR count). The van der Waals surface area contributed by atoms with Crippen molar-refractivity contribution in [2.24, 2.45) is 0 Å². The quantitative estimate of drug-likeness (QED) is 0.504. The summed E-state index contributed by atoms with van der Waals surface area (Å²) < 4.78 is 5.74. The van der Waals surface area contributed by atoms with E-state index in [2.05, 4.69) is 33.1 Å². The molecule has 3 aromatic rings. The smallest absolute Gasteiger partial charge is 0.321 e. The molecule has 146 valence electrons. The maximum atomic E-state index is 11.9. The summed E-state index contributed by atoms with van der Waals surface area (Å²) in [5, 5.41) is 16.8. The normalized spacial score (nSPS) is 10.5. The largest absolute Gasteiger partial charge is 0.467 e. The third kappa shape index (κ3) is 5.83. The Morgan fingerprint density at radius 1 is 1.18 bits per heavy atom. The van der Waals surface area contributed by atoms with Gasteiger partial charge in [0.2, 0.25) is 11.0 Å². The molecule has 28 heavy (non-hydrogen) atoms. The van der Waals surface area contributed by atoms with Gasteiger partial charge in [-0.05, 0) is 49.2 Å². The maximum Gasteiger partial charge on any atom is 0.321 e. The third-order valence-electron chi connectivity index (χ3n) is 3.75. The van der Waals surface area contributed by atoms with E-state index in [9.17, 15) is 9.59 Å². The van der Waals surface area contributed by atoms with Crippen LogP contribution < -0.4 is 16.0 Å². The van der Waals surface area contributed by atoms with Crippen LogP contribution in [-0.4, -0.2) is 27.9 Å². The molecule has 3 N–H and O–H groups in total. The van der Waals surface area contributed by atoms with E-state index in [0.29, 0.717) is 15.2 Å². The number of thioether (sulfide) groups is 1. The summed E-state index contributed by atoms with van der Waals surface area (Å²) in [5.74, 6) is 0.252. The first-order valence-corrected chi connectivity index (χ1v) is 10.2. The Balaban J connectivity index is 1.42. The van der Waals surface area contributed by atoms with Gasteiger partial charge < -0.3 is 15.1 Å². The van der Waals surface area contributed by atoms with Gasteiger partial charge in [0.15, 0.2) is 4.34 Å². The number of hydrogen-bond donors (Lipinski definition) is 3. The van der Waals surface area contributed by atoms with E-state index in [-0.39, 0.29) is 12.3 Å². The highest BCUT2D eigenvalue weighted by molar-refractivity contribution is 8.01. The van der Waals surface area contributed by atoms with E-state index in [4.69, 9.17) is 4.42 Å². The average Bonchev–Trinajstić information content (AvgIpc) is 3.33. The maximum absolute atomic E-state index is 11.9. The highest BCUT2D eigenvalue weighted by atomic mass is 32.2. The zero-order valence-corrected chi connectivity index (χ0v) is 16.9. The number of aryl methyl sites for hydroxylation is 2. The summed E-state index contributed by atoms with van der Waals surface area (Å²) in [4.78, 5) is 23.6. The lowest BCUT2D eigenvalue weighted by atomic mass is 10.1. The number of urea groups is 1. The number of imide groups is 1. The first-order chi connectivity index (χ1) is 13.5. The van der Waals surface area contributed by atoms with E-state index in [1.165, 1.54) is 40.5 Å². The Bertz CT molecular complexity index is 956. The van der Waals surface area contributed by atoms with E-state index in [0.717, 1.165) is 5.69 Å². The number of rotatable bonds is 7. The van der Waals surface area contributed by atoms with Crippen molar-refractivity contribution in [3.05, 3.63) is 53.5 Å². The Kier molecular flexibility index (Phi) is 6.66. The van der Waals surface area contributed by atoms with Crippen LogP contribution in [0.4, 0.5) is 15.6 Å². The molecule has 1 aromatic carbocycles. The lowest BCUT2D eigenvalue weighted by Gasteiger charge is -2.05. The van der Waals surface area contributed by atoms with Crippen LogP contribution in [0.25, 0.3) is 0 Å². The fraction of sp³-hybridized carbons (Fsp3) is 0.222. The summed E-state index contributed by atoms with van der Waals surface area (Å²) in [6, 6.07) is 8.94. The Labute approximate surface area is 170 Å². The van der Waals surface area contributed by atoms with Crippen LogP contribution in [0, 0.1) is 13.8 Å². The summed E-state index contributed by atoms with van der Waals surface area (Å²) >= 11 is 2.56. The molecule has 0 unspecified atom stereocenters. The molecular weight excluding hydrogens is 398 g/mol. The predicted molar refractivity (Wildman–Crippen MR) is 109 cm³/mol. The summed E-state index contributed by atoms with van der Waals surface area (Å²) in [7, 11) is 0. The second-order valence-electron chi connectivity index (χ2n) is 5.90. The van der Waals surface area contributed by atoms with Crippen molar-refractivity contribution in [1.29, 1.82) is 0 Å². The van der Waals surface area contributed by atoms with Gasteiger partial charge in [0.25, 0.3) is 0 Å². The van der Waals surface area contributed by atoms with Gasteiger partial charge in [0.05, 0.1) is 18.6 Å². The van der Waals surface area contributed by atoms with Crippen LogP contribution in [0.3, 0.4) is 0 Å². The minimum absolute atomic E-state index is 0.0619. The SMILES string of the molecule is Cc1ccc(Nc2nnc(SCC(=O)NC(=O)NCc3ccco3)s2)cc1C. The zero-order chi connectivity index (χ0) is 19.9. The van der Waals surface area contributed by atoms with Gasteiger partial charge in [-0.2, -0.15) is 0 Å². The lowest BCUT2D eigenvalue weighted by Crippen LogP contribution is -2.39. The number of furan rings is 1. The first kappa shape index (κ1) is 19.9. The van der Waals surface area contributed by atoms with Gasteiger partial charge in [-0.25, -0.2) is 4.79 Å². The molecule has 0 aliphatic heterocycles. The van der Waals surface area contributed by atoms with Crippen LogP contribution in [0.1, 0.15) is 16.9 Å². The minimum Gasteiger partial charge on any atom is -0.467 e. The van der Waals surface area contributed by atoms with Gasteiger partial charge in [-0.15, -0.1) is 10.2 Å². The fourth-order valence-electron chi connectivity index (χ4n) is 2.18. The topological polar surface area (TPSA) is 109 Å². The van der Waals surface area contributed by atoms with E-state index in [1.54, 1.807) is 12.1 Å². The van der Waals surface area contributed by atoms with E-state index < -0.39 is 11.9 Å². The molecule has 0 radical (unpaired) electrons. The van der Waals surface area contributed by atoms with Gasteiger partial charge >= 0.3 is 6.03 Å². The molecule has 8 nitrogen and oxygen atoms in total. The van der Waals surface area contributed by atoms with Crippen molar-refractivity contribution < 1.29 is 14.0 Å². The molecule has 0 aliphatic carbocycles. The molecule has 0 atom stereocenters. The number of anilines is 2. The molecule has 0 spiro atoms. The second-order valence-corrected chi connectivity index (χ2v) is 8.10. The highest BCUT2D eigenvalue weighted by Crippen LogP contribution is 2.28. The molecule has 10 heteroatoms. The number of hydrogen-bond acceptors (Lipinski definition) is 8. The number of carbonyl (C=O) groups is 2. The Hall–Kier alpha value is -2.85. The summed E-state index contributed by atoms with van der Waals surface area (Å²) in [5.41, 5.74) is 3.34. The molecule has 0 bridgehead atoms. The zero-order valence-electron chi connectivity index (χ0n) is 15.3. The van der Waals surface area contributed by atoms with Crippen LogP contribution in [0.2, 0.25) is 0 Å². The third-order valence-corrected chi connectivity index (χ3v) is 5.72. The number of amides is 3. The second kappa shape index (κ2) is 9.38. The lowest BCUT2D eigenvalue weighted by molar-refractivity contribution is -0.117. The number of aromatic nitrogens is 2. The van der Waals surface area contributed by atoms with Gasteiger partial charge in [0, 0.05) is 5.69 Å². The summed E-state index contributed by atoms with van der Waals surface area (Å²) in [6.45, 7) is 4.32. The number of nitrogens with one attached hydrogen (secondary N) is 3. The Morgan fingerprint density at radius 2 is 2.04 bits per heavy atom. The van der Waals surface area contributed by atoms with E-state index >= 15 is 0 Å². The van der Waals surface area contributed by atoms with Gasteiger partial charge in [-0.1, -0.05) is 29.2 Å². The molecule has 0 saturated carbocycles. The molecule has 0 fully saturated rings. The van der Waals surface area contributed by atoms with Crippen LogP contribution in [0.15, 0.2) is 45.4 Å². The van der Waals surface area contributed by atoms with Crippen molar-refractivity contribution in [2.75, 3.05) is 11.1 Å². The van der Waals surface area contributed by atoms with E-state index in [1.807, 2.05) is 25.1 Å². The highest BCUT2D eigenvalue weighted by Gasteiger charge is 2.11. The average molecular weight is 418 g/mol. The van der Waals surface area contributed by atoms with Crippen molar-refractivity contribution in [1.82, 2.24) is 20.8 Å². The van der Waals surface area contributed by atoms with Crippen molar-refractivity contribution >= 4 is 45.9 Å². The number of benzene rings is 1. The molecular formula is C18H19N5O3S2. The van der Waals surface area contributed by atoms with Gasteiger partial charge in [-0.3, -0.25) is 10.1 Å².